The normalized spacial score (nSPS) is 13.4. The quantitative estimate of drug-likeness (QED) is 0.691. The van der Waals surface area contributed by atoms with Gasteiger partial charge in [-0.3, -0.25) is 9.59 Å². The van der Waals surface area contributed by atoms with Gasteiger partial charge in [0.25, 0.3) is 0 Å². The van der Waals surface area contributed by atoms with Crippen LogP contribution in [0.4, 0.5) is 0 Å². The van der Waals surface area contributed by atoms with Gasteiger partial charge in [0.2, 0.25) is 0 Å². The fourth-order valence-electron chi connectivity index (χ4n) is 0.876. The molecule has 82 valence electrons. The minimum absolute atomic E-state index is 0.157. The van der Waals surface area contributed by atoms with Gasteiger partial charge < -0.3 is 9.84 Å². The molecule has 0 rings (SSSR count). The Hall–Kier alpha value is -1.06. The second-order valence-corrected chi connectivity index (χ2v) is 4.08. The number of carboxylic acid groups (broad SMARTS) is 1. The maximum atomic E-state index is 11.5. The van der Waals surface area contributed by atoms with E-state index in [1.165, 1.54) is 0 Å². The van der Waals surface area contributed by atoms with Crippen LogP contribution in [0.3, 0.4) is 0 Å². The summed E-state index contributed by atoms with van der Waals surface area (Å²) < 4.78 is 5.06. The molecule has 0 aliphatic heterocycles. The SMILES string of the molecule is CCC(C)OC(=O)C(C)(C)CC(=O)O. The Morgan fingerprint density at radius 2 is 1.93 bits per heavy atom. The number of carboxylic acids is 1. The molecule has 1 atom stereocenters. The van der Waals surface area contributed by atoms with Gasteiger partial charge in [-0.25, -0.2) is 0 Å². The second kappa shape index (κ2) is 4.98. The molecular formula is C10H18O4. The van der Waals surface area contributed by atoms with Crippen LogP contribution in [0.5, 0.6) is 0 Å². The van der Waals surface area contributed by atoms with Crippen LogP contribution in [0.25, 0.3) is 0 Å². The van der Waals surface area contributed by atoms with E-state index in [4.69, 9.17) is 9.84 Å². The first-order valence-electron chi connectivity index (χ1n) is 4.72. The second-order valence-electron chi connectivity index (χ2n) is 4.08. The Balaban J connectivity index is 4.28. The van der Waals surface area contributed by atoms with E-state index in [2.05, 4.69) is 0 Å². The van der Waals surface area contributed by atoms with Crippen molar-refractivity contribution in [3.05, 3.63) is 0 Å². The fourth-order valence-corrected chi connectivity index (χ4v) is 0.876. The lowest BCUT2D eigenvalue weighted by Crippen LogP contribution is -2.31. The third-order valence-corrected chi connectivity index (χ3v) is 2.03. The summed E-state index contributed by atoms with van der Waals surface area (Å²) in [7, 11) is 0. The standard InChI is InChI=1S/C10H18O4/c1-5-7(2)14-9(13)10(3,4)6-8(11)12/h7H,5-6H2,1-4H3,(H,11,12). The van der Waals surface area contributed by atoms with Crippen molar-refractivity contribution in [3.8, 4) is 0 Å². The summed E-state index contributed by atoms with van der Waals surface area (Å²) in [4.78, 5) is 22.0. The molecule has 0 aliphatic carbocycles. The van der Waals surface area contributed by atoms with Gasteiger partial charge in [-0.2, -0.15) is 0 Å². The zero-order valence-electron chi connectivity index (χ0n) is 9.16. The molecule has 0 aromatic heterocycles. The van der Waals surface area contributed by atoms with E-state index in [9.17, 15) is 9.59 Å². The lowest BCUT2D eigenvalue weighted by Gasteiger charge is -2.22. The number of aliphatic carboxylic acids is 1. The monoisotopic (exact) mass is 202 g/mol. The molecule has 0 saturated carbocycles. The average Bonchev–Trinajstić information content (AvgIpc) is 2.01. The van der Waals surface area contributed by atoms with Gasteiger partial charge in [-0.05, 0) is 27.2 Å². The molecule has 4 nitrogen and oxygen atoms in total. The van der Waals surface area contributed by atoms with Gasteiger partial charge in [0.05, 0.1) is 17.9 Å². The maximum Gasteiger partial charge on any atom is 0.312 e. The molecule has 0 spiro atoms. The van der Waals surface area contributed by atoms with Crippen LogP contribution < -0.4 is 0 Å². The summed E-state index contributed by atoms with van der Waals surface area (Å²) in [5.74, 6) is -1.44. The van der Waals surface area contributed by atoms with Gasteiger partial charge in [0.1, 0.15) is 0 Å². The molecule has 0 aromatic rings. The number of hydrogen-bond acceptors (Lipinski definition) is 3. The lowest BCUT2D eigenvalue weighted by atomic mass is 9.89. The first kappa shape index (κ1) is 12.9. The molecule has 4 heteroatoms. The number of ether oxygens (including phenoxy) is 1. The summed E-state index contributed by atoms with van der Waals surface area (Å²) in [6.45, 7) is 6.84. The van der Waals surface area contributed by atoms with Crippen molar-refractivity contribution in [3.63, 3.8) is 0 Å². The topological polar surface area (TPSA) is 63.6 Å². The van der Waals surface area contributed by atoms with Crippen LogP contribution >= 0.6 is 0 Å². The molecule has 1 N–H and O–H groups in total. The predicted octanol–water partition coefficient (Wildman–Crippen LogP) is 1.83. The van der Waals surface area contributed by atoms with Gasteiger partial charge in [0, 0.05) is 0 Å². The Kier molecular flexibility index (Phi) is 4.60. The smallest absolute Gasteiger partial charge is 0.312 e. The van der Waals surface area contributed by atoms with Crippen molar-refractivity contribution in [2.24, 2.45) is 5.41 Å². The number of carbonyl (C=O) groups is 2. The highest BCUT2D eigenvalue weighted by Crippen LogP contribution is 2.23. The first-order valence-corrected chi connectivity index (χ1v) is 4.72. The molecule has 0 amide bonds. The van der Waals surface area contributed by atoms with E-state index >= 15 is 0 Å². The Morgan fingerprint density at radius 1 is 1.43 bits per heavy atom. The van der Waals surface area contributed by atoms with Crippen molar-refractivity contribution < 1.29 is 19.4 Å². The summed E-state index contributed by atoms with van der Waals surface area (Å²) in [5, 5.41) is 8.58. The van der Waals surface area contributed by atoms with Gasteiger partial charge in [0.15, 0.2) is 0 Å². The Morgan fingerprint density at radius 3 is 2.29 bits per heavy atom. The van der Waals surface area contributed by atoms with Gasteiger partial charge >= 0.3 is 11.9 Å². The van der Waals surface area contributed by atoms with Gasteiger partial charge in [-0.1, -0.05) is 6.92 Å². The van der Waals surface area contributed by atoms with E-state index in [0.717, 1.165) is 6.42 Å². The fraction of sp³-hybridized carbons (Fsp3) is 0.800. The van der Waals surface area contributed by atoms with E-state index in [1.807, 2.05) is 6.92 Å². The molecule has 1 unspecified atom stereocenters. The number of hydrogen-bond donors (Lipinski definition) is 1. The number of esters is 1. The Bertz CT molecular complexity index is 220. The van der Waals surface area contributed by atoms with Crippen molar-refractivity contribution in [2.75, 3.05) is 0 Å². The first-order chi connectivity index (χ1) is 6.29. The molecule has 0 aromatic carbocycles. The number of carbonyl (C=O) groups excluding carboxylic acids is 1. The van der Waals surface area contributed by atoms with E-state index in [0.29, 0.717) is 0 Å². The van der Waals surface area contributed by atoms with Crippen molar-refractivity contribution in [1.29, 1.82) is 0 Å². The maximum absolute atomic E-state index is 11.5. The van der Waals surface area contributed by atoms with E-state index < -0.39 is 17.4 Å². The van der Waals surface area contributed by atoms with Gasteiger partial charge in [-0.15, -0.1) is 0 Å². The van der Waals surface area contributed by atoms with Crippen molar-refractivity contribution >= 4 is 11.9 Å². The van der Waals surface area contributed by atoms with Crippen molar-refractivity contribution in [2.45, 2.75) is 46.6 Å². The zero-order valence-corrected chi connectivity index (χ0v) is 9.16. The van der Waals surface area contributed by atoms with Crippen molar-refractivity contribution in [1.82, 2.24) is 0 Å². The van der Waals surface area contributed by atoms with Crippen LogP contribution in [0.2, 0.25) is 0 Å². The third-order valence-electron chi connectivity index (χ3n) is 2.03. The Labute approximate surface area is 84.3 Å². The average molecular weight is 202 g/mol. The summed E-state index contributed by atoms with van der Waals surface area (Å²) in [6, 6.07) is 0. The van der Waals surface area contributed by atoms with E-state index in [1.54, 1.807) is 20.8 Å². The largest absolute Gasteiger partial charge is 0.481 e. The predicted molar refractivity (Wildman–Crippen MR) is 51.9 cm³/mol. The van der Waals surface area contributed by atoms with Crippen LogP contribution in [-0.4, -0.2) is 23.1 Å². The summed E-state index contributed by atoms with van der Waals surface area (Å²) >= 11 is 0. The molecule has 14 heavy (non-hydrogen) atoms. The van der Waals surface area contributed by atoms with Crippen LogP contribution in [0.1, 0.15) is 40.5 Å². The molecule has 0 aliphatic rings. The van der Waals surface area contributed by atoms with Crippen LogP contribution in [0.15, 0.2) is 0 Å². The molecule has 0 heterocycles. The minimum atomic E-state index is -0.990. The molecule has 0 radical (unpaired) electrons. The highest BCUT2D eigenvalue weighted by molar-refractivity contribution is 5.82. The highest BCUT2D eigenvalue weighted by Gasteiger charge is 2.32. The summed E-state index contributed by atoms with van der Waals surface area (Å²) in [5.41, 5.74) is -0.949. The third kappa shape index (κ3) is 4.25. The summed E-state index contributed by atoms with van der Waals surface area (Å²) in [6.07, 6.45) is 0.368. The minimum Gasteiger partial charge on any atom is -0.481 e. The molecule has 0 saturated heterocycles. The molecule has 0 fully saturated rings. The highest BCUT2D eigenvalue weighted by atomic mass is 16.5. The lowest BCUT2D eigenvalue weighted by molar-refractivity contribution is -0.163. The van der Waals surface area contributed by atoms with Crippen LogP contribution in [-0.2, 0) is 14.3 Å². The van der Waals surface area contributed by atoms with Crippen LogP contribution in [0, 0.1) is 5.41 Å². The zero-order chi connectivity index (χ0) is 11.4. The molecule has 0 bridgehead atoms. The molecular weight excluding hydrogens is 184 g/mol. The van der Waals surface area contributed by atoms with E-state index in [-0.39, 0.29) is 12.5 Å². The number of rotatable bonds is 5.